The van der Waals surface area contributed by atoms with E-state index in [4.69, 9.17) is 9.47 Å². The maximum Gasteiger partial charge on any atom is 0.408 e. The molecule has 6 aromatic carbocycles. The van der Waals surface area contributed by atoms with Gasteiger partial charge < -0.3 is 30.7 Å². The molecule has 4 amide bonds. The number of aryl methyl sites for hydroxylation is 1. The van der Waals surface area contributed by atoms with Gasteiger partial charge in [-0.05, 0) is 59.6 Å². The zero-order valence-electron chi connectivity index (χ0n) is 37.0. The second-order valence-electron chi connectivity index (χ2n) is 15.7. The summed E-state index contributed by atoms with van der Waals surface area (Å²) in [5.74, 6) is -2.07. The lowest BCUT2D eigenvalue weighted by atomic mass is 9.77. The van der Waals surface area contributed by atoms with Gasteiger partial charge in [-0.25, -0.2) is 9.59 Å². The molecule has 3 atom stereocenters. The quantitative estimate of drug-likeness (QED) is 0.0305. The number of hydrogen-bond acceptors (Lipinski definition) is 7. The molecule has 0 aliphatic carbocycles. The molecule has 0 fully saturated rings. The van der Waals surface area contributed by atoms with Gasteiger partial charge in [0.05, 0.1) is 6.61 Å². The molecule has 338 valence electrons. The van der Waals surface area contributed by atoms with E-state index in [2.05, 4.69) is 21.3 Å². The fraction of sp³-hybridized carbons (Fsp3) is 0.218. The Morgan fingerprint density at radius 3 is 1.52 bits per heavy atom. The summed E-state index contributed by atoms with van der Waals surface area (Å²) < 4.78 is 10.6. The number of ether oxygens (including phenoxy) is 2. The van der Waals surface area contributed by atoms with Crippen molar-refractivity contribution in [3.05, 3.63) is 228 Å². The van der Waals surface area contributed by atoms with E-state index in [9.17, 15) is 24.0 Å². The smallest absolute Gasteiger partial charge is 0.408 e. The Labute approximate surface area is 386 Å². The minimum Gasteiger partial charge on any atom is -0.463 e. The van der Waals surface area contributed by atoms with Gasteiger partial charge in [0.15, 0.2) is 0 Å². The Hall–Kier alpha value is -7.79. The monoisotopic (exact) mass is 884 g/mol. The molecule has 6 aromatic rings. The summed E-state index contributed by atoms with van der Waals surface area (Å²) in [5, 5.41) is 12.0. The molecule has 0 radical (unpaired) electrons. The lowest BCUT2D eigenvalue weighted by molar-refractivity contribution is -0.137. The summed E-state index contributed by atoms with van der Waals surface area (Å²) in [6.45, 7) is 1.84. The van der Waals surface area contributed by atoms with Crippen LogP contribution in [-0.2, 0) is 53.6 Å². The van der Waals surface area contributed by atoms with Gasteiger partial charge in [-0.2, -0.15) is 0 Å². The van der Waals surface area contributed by atoms with Crippen molar-refractivity contribution in [1.29, 1.82) is 0 Å². The topological polar surface area (TPSA) is 152 Å². The van der Waals surface area contributed by atoms with Crippen LogP contribution in [0.3, 0.4) is 0 Å². The number of carbonyl (C=O) groups is 5. The highest BCUT2D eigenvalue weighted by Crippen LogP contribution is 2.37. The standard InChI is InChI=1S/C55H56N4O7/c1-2-65-51(61)38-35-47(34-37-50(60)59-55(44-27-15-6-16-28-44,45-29-17-7-18-30-45)46-31-19-8-20-32-46)56-53(63)49(39-42-23-11-4-12-24-42)57-52(62)48(36-33-41-21-9-3-10-22-41)58-54(64)66-40-43-25-13-5-14-26-43/h3-32,35,38,47-49H,2,33-34,36-37,39-40H2,1H3,(H,56,63)(H,57,62)(H,58,64)(H,59,60)/b38-35+/t47-,48-,49-/m0/s1. The average molecular weight is 885 g/mol. The van der Waals surface area contributed by atoms with Gasteiger partial charge in [-0.15, -0.1) is 0 Å². The molecule has 0 saturated heterocycles. The highest BCUT2D eigenvalue weighted by molar-refractivity contribution is 5.92. The van der Waals surface area contributed by atoms with Gasteiger partial charge in [0, 0.05) is 25.0 Å². The van der Waals surface area contributed by atoms with Gasteiger partial charge in [0.2, 0.25) is 17.7 Å². The average Bonchev–Trinajstić information content (AvgIpc) is 3.36. The Morgan fingerprint density at radius 2 is 1.00 bits per heavy atom. The van der Waals surface area contributed by atoms with Crippen molar-refractivity contribution >= 4 is 29.8 Å². The van der Waals surface area contributed by atoms with Gasteiger partial charge >= 0.3 is 12.1 Å². The van der Waals surface area contributed by atoms with Gasteiger partial charge in [-0.1, -0.05) is 188 Å². The minimum atomic E-state index is -1.13. The largest absolute Gasteiger partial charge is 0.463 e. The minimum absolute atomic E-state index is 0.00319. The lowest BCUT2D eigenvalue weighted by Gasteiger charge is -2.37. The molecule has 4 N–H and O–H groups in total. The van der Waals surface area contributed by atoms with Crippen LogP contribution in [0.15, 0.2) is 194 Å². The first kappa shape index (κ1) is 47.7. The van der Waals surface area contributed by atoms with Crippen molar-refractivity contribution in [1.82, 2.24) is 21.3 Å². The molecule has 0 aliphatic rings. The number of rotatable bonds is 22. The molecule has 0 heterocycles. The second-order valence-corrected chi connectivity index (χ2v) is 15.7. The van der Waals surface area contributed by atoms with Gasteiger partial charge in [0.25, 0.3) is 0 Å². The number of benzene rings is 6. The third-order valence-electron chi connectivity index (χ3n) is 11.0. The maximum atomic E-state index is 14.5. The molecule has 11 heteroatoms. The number of carbonyl (C=O) groups excluding carboxylic acids is 5. The highest BCUT2D eigenvalue weighted by Gasteiger charge is 2.38. The van der Waals surface area contributed by atoms with E-state index in [1.54, 1.807) is 6.92 Å². The van der Waals surface area contributed by atoms with Crippen LogP contribution in [0, 0.1) is 0 Å². The molecular weight excluding hydrogens is 829 g/mol. The number of alkyl carbamates (subject to hydrolysis) is 1. The van der Waals surface area contributed by atoms with E-state index >= 15 is 0 Å². The van der Waals surface area contributed by atoms with Crippen molar-refractivity contribution in [2.75, 3.05) is 6.61 Å². The predicted octanol–water partition coefficient (Wildman–Crippen LogP) is 8.13. The predicted molar refractivity (Wildman–Crippen MR) is 255 cm³/mol. The first-order valence-corrected chi connectivity index (χ1v) is 22.2. The zero-order chi connectivity index (χ0) is 46.4. The summed E-state index contributed by atoms with van der Waals surface area (Å²) >= 11 is 0. The van der Waals surface area contributed by atoms with E-state index < -0.39 is 47.5 Å². The molecule has 6 rings (SSSR count). The van der Waals surface area contributed by atoms with Crippen molar-refractivity contribution in [3.63, 3.8) is 0 Å². The van der Waals surface area contributed by atoms with Crippen LogP contribution in [0.1, 0.15) is 59.6 Å². The van der Waals surface area contributed by atoms with Crippen LogP contribution < -0.4 is 21.3 Å². The molecule has 0 aromatic heterocycles. The van der Waals surface area contributed by atoms with E-state index in [-0.39, 0.29) is 44.8 Å². The van der Waals surface area contributed by atoms with Crippen molar-refractivity contribution in [2.24, 2.45) is 0 Å². The van der Waals surface area contributed by atoms with Crippen molar-refractivity contribution in [2.45, 2.75) is 69.3 Å². The summed E-state index contributed by atoms with van der Waals surface area (Å²) in [7, 11) is 0. The lowest BCUT2D eigenvalue weighted by Crippen LogP contribution is -2.55. The molecule has 0 spiro atoms. The molecule has 0 aliphatic heterocycles. The molecule has 0 bridgehead atoms. The molecule has 66 heavy (non-hydrogen) atoms. The maximum absolute atomic E-state index is 14.5. The summed E-state index contributed by atoms with van der Waals surface area (Å²) in [6, 6.07) is 54.1. The zero-order valence-corrected chi connectivity index (χ0v) is 37.0. The molecular formula is C55H56N4O7. The van der Waals surface area contributed by atoms with Crippen LogP contribution in [0.5, 0.6) is 0 Å². The van der Waals surface area contributed by atoms with Crippen LogP contribution in [0.4, 0.5) is 4.79 Å². The first-order valence-electron chi connectivity index (χ1n) is 22.2. The number of hydrogen-bond donors (Lipinski definition) is 4. The SMILES string of the molecule is CCOC(=O)/C=C/[C@H](CCC(=O)NC(c1ccccc1)(c1ccccc1)c1ccccc1)NC(=O)[C@H](Cc1ccccc1)NC(=O)[C@H](CCc1ccccc1)NC(=O)OCc1ccccc1. The van der Waals surface area contributed by atoms with Gasteiger partial charge in [-0.3, -0.25) is 14.4 Å². The van der Waals surface area contributed by atoms with Crippen LogP contribution >= 0.6 is 0 Å². The number of esters is 1. The fourth-order valence-electron chi connectivity index (χ4n) is 7.69. The van der Waals surface area contributed by atoms with E-state index in [0.717, 1.165) is 33.4 Å². The second kappa shape index (κ2) is 24.9. The Morgan fingerprint density at radius 1 is 0.530 bits per heavy atom. The Bertz CT molecular complexity index is 2380. The van der Waals surface area contributed by atoms with Gasteiger partial charge in [0.1, 0.15) is 24.2 Å². The summed E-state index contributed by atoms with van der Waals surface area (Å²) in [6.07, 6.45) is 2.74. The Kier molecular flexibility index (Phi) is 18.0. The van der Waals surface area contributed by atoms with Crippen LogP contribution in [-0.4, -0.2) is 54.5 Å². The first-order chi connectivity index (χ1) is 32.2. The number of amides is 4. The van der Waals surface area contributed by atoms with Crippen LogP contribution in [0.25, 0.3) is 0 Å². The molecule has 0 saturated carbocycles. The Balaban J connectivity index is 1.23. The van der Waals surface area contributed by atoms with E-state index in [1.807, 2.05) is 182 Å². The normalized spacial score (nSPS) is 12.5. The van der Waals surface area contributed by atoms with Crippen LogP contribution in [0.2, 0.25) is 0 Å². The van der Waals surface area contributed by atoms with Crippen molar-refractivity contribution in [3.8, 4) is 0 Å². The third kappa shape index (κ3) is 14.1. The molecule has 0 unspecified atom stereocenters. The third-order valence-corrected chi connectivity index (χ3v) is 11.0. The fourth-order valence-corrected chi connectivity index (χ4v) is 7.69. The summed E-state index contributed by atoms with van der Waals surface area (Å²) in [4.78, 5) is 68.9. The highest BCUT2D eigenvalue weighted by atomic mass is 16.5. The molecule has 11 nitrogen and oxygen atoms in total. The van der Waals surface area contributed by atoms with E-state index in [0.29, 0.717) is 6.42 Å². The number of nitrogens with one attached hydrogen (secondary N) is 4. The van der Waals surface area contributed by atoms with E-state index in [1.165, 1.54) is 12.2 Å². The summed E-state index contributed by atoms with van der Waals surface area (Å²) in [5.41, 5.74) is 4.00. The van der Waals surface area contributed by atoms with Crippen molar-refractivity contribution < 1.29 is 33.4 Å².